The Bertz CT molecular complexity index is 1400. The zero-order chi connectivity index (χ0) is 28.3. The molecule has 2 fully saturated rings. The second-order valence-electron chi connectivity index (χ2n) is 9.99. The van der Waals surface area contributed by atoms with Gasteiger partial charge in [-0.05, 0) is 61.0 Å². The SMILES string of the molecule is CCN1CCN(C(=NO)c2ccc(C#C[C@]3(CN4CCc5cc(OC)ccc5C4=O)NC(=O)NC3=O)cc2)CC1. The van der Waals surface area contributed by atoms with E-state index in [4.69, 9.17) is 4.74 Å². The van der Waals surface area contributed by atoms with E-state index in [1.807, 2.05) is 23.1 Å². The van der Waals surface area contributed by atoms with Crippen LogP contribution in [0.1, 0.15) is 34.0 Å². The second-order valence-corrected chi connectivity index (χ2v) is 9.99. The van der Waals surface area contributed by atoms with Crippen molar-refractivity contribution in [1.29, 1.82) is 0 Å². The van der Waals surface area contributed by atoms with Gasteiger partial charge in [0.15, 0.2) is 5.84 Å². The first kappa shape index (κ1) is 27.0. The summed E-state index contributed by atoms with van der Waals surface area (Å²) in [6.07, 6.45) is 0.584. The van der Waals surface area contributed by atoms with Gasteiger partial charge in [0, 0.05) is 49.4 Å². The highest BCUT2D eigenvalue weighted by molar-refractivity contribution is 6.10. The molecule has 2 saturated heterocycles. The van der Waals surface area contributed by atoms with Crippen molar-refractivity contribution in [2.75, 3.05) is 52.9 Å². The molecule has 2 aromatic rings. The molecule has 3 heterocycles. The number of carbonyl (C=O) groups is 3. The van der Waals surface area contributed by atoms with Crippen molar-refractivity contribution in [2.24, 2.45) is 5.16 Å². The lowest BCUT2D eigenvalue weighted by atomic mass is 9.94. The Morgan fingerprint density at radius 1 is 1.07 bits per heavy atom. The van der Waals surface area contributed by atoms with E-state index in [1.54, 1.807) is 36.3 Å². The molecule has 5 rings (SSSR count). The fourth-order valence-electron chi connectivity index (χ4n) is 5.27. The molecule has 0 bridgehead atoms. The van der Waals surface area contributed by atoms with Gasteiger partial charge in [-0.1, -0.05) is 23.9 Å². The summed E-state index contributed by atoms with van der Waals surface area (Å²) in [6.45, 7) is 6.71. The number of imide groups is 1. The van der Waals surface area contributed by atoms with Gasteiger partial charge in [-0.15, -0.1) is 0 Å². The third-order valence-electron chi connectivity index (χ3n) is 7.63. The molecule has 0 aromatic heterocycles. The maximum Gasteiger partial charge on any atom is 0.323 e. The van der Waals surface area contributed by atoms with Crippen molar-refractivity contribution in [3.63, 3.8) is 0 Å². The average Bonchev–Trinajstić information content (AvgIpc) is 3.26. The third-order valence-corrected chi connectivity index (χ3v) is 7.63. The number of carbonyl (C=O) groups excluding carboxylic acids is 3. The topological polar surface area (TPSA) is 127 Å². The largest absolute Gasteiger partial charge is 0.497 e. The molecule has 1 atom stereocenters. The van der Waals surface area contributed by atoms with Gasteiger partial charge in [-0.2, -0.15) is 0 Å². The number of nitrogens with one attached hydrogen (secondary N) is 2. The van der Waals surface area contributed by atoms with Gasteiger partial charge in [0.05, 0.1) is 13.7 Å². The maximum atomic E-state index is 13.3. The fourth-order valence-corrected chi connectivity index (χ4v) is 5.27. The molecular formula is C29H32N6O5. The Balaban J connectivity index is 1.34. The molecule has 3 aliphatic heterocycles. The van der Waals surface area contributed by atoms with Crippen LogP contribution in [-0.2, 0) is 11.2 Å². The van der Waals surface area contributed by atoms with Crippen molar-refractivity contribution < 1.29 is 24.3 Å². The predicted molar refractivity (Wildman–Crippen MR) is 147 cm³/mol. The van der Waals surface area contributed by atoms with Crippen molar-refractivity contribution >= 4 is 23.7 Å². The third kappa shape index (κ3) is 5.31. The number of amides is 4. The van der Waals surface area contributed by atoms with Crippen LogP contribution in [0.2, 0.25) is 0 Å². The highest BCUT2D eigenvalue weighted by Crippen LogP contribution is 2.25. The van der Waals surface area contributed by atoms with Crippen molar-refractivity contribution in [2.45, 2.75) is 18.9 Å². The molecule has 0 saturated carbocycles. The van der Waals surface area contributed by atoms with Crippen LogP contribution in [0.4, 0.5) is 4.79 Å². The van der Waals surface area contributed by atoms with Crippen LogP contribution in [0.5, 0.6) is 5.75 Å². The minimum Gasteiger partial charge on any atom is -0.497 e. The normalized spacial score (nSPS) is 21.4. The lowest BCUT2D eigenvalue weighted by Gasteiger charge is -2.35. The van der Waals surface area contributed by atoms with Crippen LogP contribution < -0.4 is 15.4 Å². The molecule has 40 heavy (non-hydrogen) atoms. The summed E-state index contributed by atoms with van der Waals surface area (Å²) in [7, 11) is 1.57. The number of nitrogens with zero attached hydrogens (tertiary/aromatic N) is 4. The van der Waals surface area contributed by atoms with E-state index in [0.29, 0.717) is 35.7 Å². The van der Waals surface area contributed by atoms with E-state index in [-0.39, 0.29) is 12.5 Å². The van der Waals surface area contributed by atoms with Crippen LogP contribution in [0.15, 0.2) is 47.6 Å². The standard InChI is InChI=1S/C29H32N6O5/c1-3-33-14-16-34(17-15-33)25(32-39)21-6-4-20(5-7-21)10-12-29(27(37)30-28(38)31-29)19-35-13-11-22-18-23(40-2)8-9-24(22)26(35)36/h4-9,18,39H,3,11,13-17,19H2,1-2H3,(H2,30,31,37,38)/t29-/m1/s1. The number of fused-ring (bicyclic) bond motifs is 1. The van der Waals surface area contributed by atoms with Gasteiger partial charge in [-0.25, -0.2) is 4.79 Å². The highest BCUT2D eigenvalue weighted by Gasteiger charge is 2.47. The molecule has 2 aromatic carbocycles. The fraction of sp³-hybridized carbons (Fsp3) is 0.379. The van der Waals surface area contributed by atoms with E-state index in [9.17, 15) is 19.6 Å². The molecule has 0 spiro atoms. The number of benzene rings is 2. The summed E-state index contributed by atoms with van der Waals surface area (Å²) in [5.74, 6) is 6.26. The molecule has 3 aliphatic rings. The van der Waals surface area contributed by atoms with E-state index < -0.39 is 17.5 Å². The minimum absolute atomic E-state index is 0.0922. The number of hydrogen-bond donors (Lipinski definition) is 3. The Morgan fingerprint density at radius 3 is 2.45 bits per heavy atom. The Morgan fingerprint density at radius 2 is 1.82 bits per heavy atom. The molecule has 0 unspecified atom stereocenters. The average molecular weight is 545 g/mol. The van der Waals surface area contributed by atoms with Gasteiger partial charge in [0.1, 0.15) is 5.75 Å². The molecule has 11 nitrogen and oxygen atoms in total. The first-order chi connectivity index (χ1) is 19.4. The predicted octanol–water partition coefficient (Wildman–Crippen LogP) is 1.10. The van der Waals surface area contributed by atoms with Crippen LogP contribution >= 0.6 is 0 Å². The van der Waals surface area contributed by atoms with E-state index in [1.165, 1.54) is 0 Å². The van der Waals surface area contributed by atoms with Gasteiger partial charge >= 0.3 is 6.03 Å². The lowest BCUT2D eigenvalue weighted by molar-refractivity contribution is -0.122. The van der Waals surface area contributed by atoms with E-state index in [2.05, 4.69) is 39.5 Å². The molecule has 4 amide bonds. The molecule has 208 valence electrons. The number of rotatable bonds is 5. The van der Waals surface area contributed by atoms with E-state index in [0.717, 1.165) is 43.9 Å². The number of amidine groups is 1. The lowest BCUT2D eigenvalue weighted by Crippen LogP contribution is -2.56. The zero-order valence-electron chi connectivity index (χ0n) is 22.6. The molecule has 0 aliphatic carbocycles. The van der Waals surface area contributed by atoms with Crippen molar-refractivity contribution in [3.8, 4) is 17.6 Å². The van der Waals surface area contributed by atoms with E-state index >= 15 is 0 Å². The number of piperazine rings is 1. The summed E-state index contributed by atoms with van der Waals surface area (Å²) in [5, 5.41) is 18.1. The highest BCUT2D eigenvalue weighted by atomic mass is 16.5. The van der Waals surface area contributed by atoms with Gasteiger partial charge < -0.3 is 30.0 Å². The number of urea groups is 1. The molecule has 0 radical (unpaired) electrons. The van der Waals surface area contributed by atoms with Crippen LogP contribution in [0.3, 0.4) is 0 Å². The molecule has 3 N–H and O–H groups in total. The number of oxime groups is 1. The van der Waals surface area contributed by atoms with Gasteiger partial charge in [0.2, 0.25) is 5.54 Å². The van der Waals surface area contributed by atoms with Gasteiger partial charge in [0.25, 0.3) is 11.8 Å². The summed E-state index contributed by atoms with van der Waals surface area (Å²) >= 11 is 0. The Kier molecular flexibility index (Phi) is 7.62. The number of ether oxygens (including phenoxy) is 1. The Labute approximate surface area is 232 Å². The molecular weight excluding hydrogens is 512 g/mol. The smallest absolute Gasteiger partial charge is 0.323 e. The van der Waals surface area contributed by atoms with Crippen LogP contribution in [0.25, 0.3) is 0 Å². The maximum absolute atomic E-state index is 13.3. The monoisotopic (exact) mass is 544 g/mol. The summed E-state index contributed by atoms with van der Waals surface area (Å²) in [6, 6.07) is 11.8. The van der Waals surface area contributed by atoms with Crippen LogP contribution in [-0.4, -0.2) is 102 Å². The van der Waals surface area contributed by atoms with Gasteiger partial charge in [-0.3, -0.25) is 14.9 Å². The summed E-state index contributed by atoms with van der Waals surface area (Å²) in [4.78, 5) is 44.3. The number of likely N-dealkylation sites (N-methyl/N-ethyl adjacent to an activating group) is 1. The summed E-state index contributed by atoms with van der Waals surface area (Å²) in [5.41, 5.74) is 1.17. The number of hydrogen-bond acceptors (Lipinski definition) is 7. The zero-order valence-corrected chi connectivity index (χ0v) is 22.6. The van der Waals surface area contributed by atoms with Crippen molar-refractivity contribution in [3.05, 3.63) is 64.7 Å². The quantitative estimate of drug-likeness (QED) is 0.129. The molecule has 11 heteroatoms. The van der Waals surface area contributed by atoms with Crippen LogP contribution in [0, 0.1) is 11.8 Å². The van der Waals surface area contributed by atoms with Crippen molar-refractivity contribution in [1.82, 2.24) is 25.3 Å². The minimum atomic E-state index is -1.59. The second kappa shape index (κ2) is 11.3. The first-order valence-corrected chi connectivity index (χ1v) is 13.3. The number of methoxy groups -OCH3 is 1. The summed E-state index contributed by atoms with van der Waals surface area (Å²) < 4.78 is 5.26. The first-order valence-electron chi connectivity index (χ1n) is 13.3. The Hall–Kier alpha value is -4.56.